The van der Waals surface area contributed by atoms with Crippen molar-refractivity contribution in [2.45, 2.75) is 54.9 Å². The van der Waals surface area contributed by atoms with Crippen LogP contribution in [0.3, 0.4) is 0 Å². The first kappa shape index (κ1) is 25.0. The summed E-state index contributed by atoms with van der Waals surface area (Å²) >= 11 is 0. The lowest BCUT2D eigenvalue weighted by molar-refractivity contribution is 0.953. The molecule has 2 nitrogen and oxygen atoms in total. The number of hydrogen-bond donors (Lipinski definition) is 0. The Morgan fingerprint density at radius 3 is 1.76 bits per heavy atom. The summed E-state index contributed by atoms with van der Waals surface area (Å²) in [6, 6.07) is 0. The molecule has 1 aromatic rings. The van der Waals surface area contributed by atoms with E-state index in [1.54, 1.807) is 12.2 Å². The van der Waals surface area contributed by atoms with E-state index in [2.05, 4.69) is 56.0 Å². The summed E-state index contributed by atoms with van der Waals surface area (Å²) in [5, 5.41) is 0. The summed E-state index contributed by atoms with van der Waals surface area (Å²) in [5.74, 6) is 0.403. The third kappa shape index (κ3) is 9.61. The van der Waals surface area contributed by atoms with Crippen LogP contribution < -0.4 is 0 Å². The van der Waals surface area contributed by atoms with Gasteiger partial charge in [0.2, 0.25) is 0 Å². The Kier molecular flexibility index (Phi) is 16.6. The van der Waals surface area contributed by atoms with Gasteiger partial charge in [0.15, 0.2) is 0 Å². The Morgan fingerprint density at radius 1 is 0.920 bits per heavy atom. The fraction of sp³-hybridized carbons (Fsp3) is 0.391. The molecule has 0 amide bonds. The second-order valence-corrected chi connectivity index (χ2v) is 4.85. The van der Waals surface area contributed by atoms with Crippen molar-refractivity contribution in [3.05, 3.63) is 60.2 Å². The van der Waals surface area contributed by atoms with E-state index in [-0.39, 0.29) is 0 Å². The molecule has 0 N–H and O–H groups in total. The smallest absolute Gasteiger partial charge is 0.0894 e. The maximum atomic E-state index is 4.61. The molecule has 0 fully saturated rings. The summed E-state index contributed by atoms with van der Waals surface area (Å²) in [5.41, 5.74) is 3.39. The average molecular weight is 341 g/mol. The molecule has 0 saturated heterocycles. The van der Waals surface area contributed by atoms with Crippen LogP contribution in [-0.2, 0) is 0 Å². The number of allylic oxidation sites excluding steroid dienone is 4. The van der Waals surface area contributed by atoms with Crippen LogP contribution in [0.25, 0.3) is 24.3 Å². The standard InChI is InChI=1S/C16H16N2.C3H8.2C2H6/c1-4-6-7-14-13(5-2)17-15-10-8-12(3)9-11-16(15)18-14;1-3-2;2*1-2/h4-12H,1-2H2,3H3;3H2,1-2H3;2*1-2H3/b7-6-;;;. The zero-order valence-electron chi connectivity index (χ0n) is 17.2. The fourth-order valence-electron chi connectivity index (χ4n) is 1.72. The van der Waals surface area contributed by atoms with Gasteiger partial charge in [0.05, 0.1) is 22.8 Å². The number of hydrogen-bond acceptors (Lipinski definition) is 2. The Labute approximate surface area is 155 Å². The van der Waals surface area contributed by atoms with Crippen molar-refractivity contribution < 1.29 is 0 Å². The molecule has 0 saturated carbocycles. The van der Waals surface area contributed by atoms with E-state index < -0.39 is 0 Å². The predicted octanol–water partition coefficient (Wildman–Crippen LogP) is 7.46. The second-order valence-electron chi connectivity index (χ2n) is 4.85. The maximum Gasteiger partial charge on any atom is 0.0894 e. The van der Waals surface area contributed by atoms with Crippen LogP contribution >= 0.6 is 0 Å². The molecular formula is C23H36N2. The van der Waals surface area contributed by atoms with Crippen molar-refractivity contribution in [1.82, 2.24) is 9.97 Å². The molecule has 2 rings (SSSR count). The third-order valence-electron chi connectivity index (χ3n) is 2.71. The minimum atomic E-state index is 0.403. The molecule has 138 valence electrons. The molecule has 0 spiro atoms. The molecule has 1 atom stereocenters. The van der Waals surface area contributed by atoms with E-state index in [0.29, 0.717) is 5.92 Å². The summed E-state index contributed by atoms with van der Waals surface area (Å²) in [6.07, 6.45) is 16.7. The first-order valence-corrected chi connectivity index (χ1v) is 9.36. The van der Waals surface area contributed by atoms with Gasteiger partial charge in [-0.3, -0.25) is 0 Å². The number of fused-ring (bicyclic) bond motifs is 1. The number of aromatic nitrogens is 2. The molecule has 1 aliphatic carbocycles. The van der Waals surface area contributed by atoms with Gasteiger partial charge in [0.1, 0.15) is 0 Å². The largest absolute Gasteiger partial charge is 0.245 e. The van der Waals surface area contributed by atoms with E-state index in [1.807, 2.05) is 52.0 Å². The van der Waals surface area contributed by atoms with Crippen LogP contribution in [0.5, 0.6) is 0 Å². The van der Waals surface area contributed by atoms with Crippen molar-refractivity contribution >= 4 is 24.3 Å². The predicted molar refractivity (Wildman–Crippen MR) is 117 cm³/mol. The normalized spacial score (nSPS) is 13.8. The van der Waals surface area contributed by atoms with Crippen LogP contribution in [0.2, 0.25) is 0 Å². The zero-order chi connectivity index (χ0) is 19.7. The summed E-state index contributed by atoms with van der Waals surface area (Å²) in [4.78, 5) is 9.18. The Balaban J connectivity index is 0. The number of rotatable bonds is 3. The van der Waals surface area contributed by atoms with Gasteiger partial charge >= 0.3 is 0 Å². The molecular weight excluding hydrogens is 304 g/mol. The average Bonchev–Trinajstić information content (AvgIpc) is 2.84. The van der Waals surface area contributed by atoms with Crippen molar-refractivity contribution in [1.29, 1.82) is 0 Å². The zero-order valence-corrected chi connectivity index (χ0v) is 17.2. The molecule has 25 heavy (non-hydrogen) atoms. The van der Waals surface area contributed by atoms with Crippen molar-refractivity contribution in [2.24, 2.45) is 5.92 Å². The number of nitrogens with zero attached hydrogens (tertiary/aromatic N) is 2. The summed E-state index contributed by atoms with van der Waals surface area (Å²) in [6.45, 7) is 21.8. The van der Waals surface area contributed by atoms with Crippen LogP contribution in [-0.4, -0.2) is 9.97 Å². The minimum Gasteiger partial charge on any atom is -0.245 e. The van der Waals surface area contributed by atoms with Crippen molar-refractivity contribution in [3.8, 4) is 0 Å². The Morgan fingerprint density at radius 2 is 1.36 bits per heavy atom. The Bertz CT molecular complexity index is 578. The van der Waals surface area contributed by atoms with Gasteiger partial charge < -0.3 is 0 Å². The summed E-state index contributed by atoms with van der Waals surface area (Å²) in [7, 11) is 0. The first-order chi connectivity index (χ1) is 12.2. The van der Waals surface area contributed by atoms with Gasteiger partial charge in [-0.15, -0.1) is 0 Å². The fourth-order valence-corrected chi connectivity index (χ4v) is 1.72. The minimum absolute atomic E-state index is 0.403. The van der Waals surface area contributed by atoms with E-state index in [9.17, 15) is 0 Å². The quantitative estimate of drug-likeness (QED) is 0.533. The van der Waals surface area contributed by atoms with Gasteiger partial charge in [-0.2, -0.15) is 0 Å². The highest BCUT2D eigenvalue weighted by Gasteiger charge is 2.09. The first-order valence-electron chi connectivity index (χ1n) is 9.36. The SMILES string of the molecule is C=C/C=C\c1nc2c(nc1C=C)C=CC(C)C=C2.CC.CC.CCC. The highest BCUT2D eigenvalue weighted by Crippen LogP contribution is 2.19. The summed E-state index contributed by atoms with van der Waals surface area (Å²) < 4.78 is 0. The van der Waals surface area contributed by atoms with E-state index >= 15 is 0 Å². The highest BCUT2D eigenvalue weighted by atomic mass is 14.8. The Hall–Kier alpha value is -2.22. The molecule has 1 heterocycles. The van der Waals surface area contributed by atoms with Crippen LogP contribution in [0.4, 0.5) is 0 Å². The van der Waals surface area contributed by atoms with Crippen LogP contribution in [0.15, 0.2) is 37.5 Å². The monoisotopic (exact) mass is 340 g/mol. The topological polar surface area (TPSA) is 25.8 Å². The second kappa shape index (κ2) is 16.6. The molecule has 0 aliphatic heterocycles. The molecule has 1 aliphatic rings. The van der Waals surface area contributed by atoms with Crippen molar-refractivity contribution in [2.75, 3.05) is 0 Å². The van der Waals surface area contributed by atoms with E-state index in [4.69, 9.17) is 0 Å². The van der Waals surface area contributed by atoms with Crippen LogP contribution in [0, 0.1) is 5.92 Å². The molecule has 0 radical (unpaired) electrons. The molecule has 1 unspecified atom stereocenters. The molecule has 0 aromatic carbocycles. The van der Waals surface area contributed by atoms with Crippen molar-refractivity contribution in [3.63, 3.8) is 0 Å². The maximum absolute atomic E-state index is 4.61. The lowest BCUT2D eigenvalue weighted by Crippen LogP contribution is -1.98. The third-order valence-corrected chi connectivity index (χ3v) is 2.71. The van der Waals surface area contributed by atoms with Gasteiger partial charge in [0.25, 0.3) is 0 Å². The van der Waals surface area contributed by atoms with Gasteiger partial charge in [-0.25, -0.2) is 9.97 Å². The molecule has 1 aromatic heterocycles. The molecule has 2 heteroatoms. The lowest BCUT2D eigenvalue weighted by atomic mass is 10.2. The van der Waals surface area contributed by atoms with E-state index in [0.717, 1.165) is 22.8 Å². The lowest BCUT2D eigenvalue weighted by Gasteiger charge is -2.05. The van der Waals surface area contributed by atoms with Gasteiger partial charge in [-0.1, -0.05) is 92.3 Å². The van der Waals surface area contributed by atoms with E-state index in [1.165, 1.54) is 6.42 Å². The van der Waals surface area contributed by atoms with Crippen LogP contribution in [0.1, 0.15) is 77.7 Å². The van der Waals surface area contributed by atoms with Gasteiger partial charge in [0, 0.05) is 0 Å². The van der Waals surface area contributed by atoms with Gasteiger partial charge in [-0.05, 0) is 30.2 Å². The molecule has 0 bridgehead atoms. The highest BCUT2D eigenvalue weighted by molar-refractivity contribution is 5.67.